The zero-order valence-corrected chi connectivity index (χ0v) is 19.5. The molecule has 1 saturated carbocycles. The summed E-state index contributed by atoms with van der Waals surface area (Å²) >= 11 is 0. The number of hydrogen-bond acceptors (Lipinski definition) is 5. The minimum atomic E-state index is 0. The quantitative estimate of drug-likeness (QED) is 0.347. The molecule has 3 rings (SSSR count). The first-order chi connectivity index (χ1) is 13.1. The zero-order chi connectivity index (χ0) is 19.2. The maximum absolute atomic E-state index is 12.3. The van der Waals surface area contributed by atoms with E-state index in [2.05, 4.69) is 30.4 Å². The number of carbonyl (C=O) groups is 1. The van der Waals surface area contributed by atoms with Gasteiger partial charge in [-0.2, -0.15) is 0 Å². The molecule has 1 aliphatic heterocycles. The summed E-state index contributed by atoms with van der Waals surface area (Å²) in [5, 5.41) is 6.55. The van der Waals surface area contributed by atoms with Crippen LogP contribution in [-0.2, 0) is 11.3 Å². The summed E-state index contributed by atoms with van der Waals surface area (Å²) < 4.78 is 5.57. The van der Waals surface area contributed by atoms with Gasteiger partial charge in [0.25, 0.3) is 0 Å². The number of nitrogens with zero attached hydrogens (tertiary/aromatic N) is 4. The minimum Gasteiger partial charge on any atom is -0.444 e. The third-order valence-electron chi connectivity index (χ3n) is 5.56. The zero-order valence-electron chi connectivity index (χ0n) is 17.2. The van der Waals surface area contributed by atoms with E-state index in [1.807, 2.05) is 13.8 Å². The van der Waals surface area contributed by atoms with Crippen LogP contribution in [0.15, 0.2) is 9.41 Å². The van der Waals surface area contributed by atoms with Crippen molar-refractivity contribution in [2.45, 2.75) is 39.7 Å². The molecule has 158 valence electrons. The van der Waals surface area contributed by atoms with Crippen LogP contribution in [0.5, 0.6) is 0 Å². The second kappa shape index (κ2) is 11.0. The largest absolute Gasteiger partial charge is 0.444 e. The minimum absolute atomic E-state index is 0. The lowest BCUT2D eigenvalue weighted by Crippen LogP contribution is -2.52. The van der Waals surface area contributed by atoms with Gasteiger partial charge in [0, 0.05) is 52.2 Å². The van der Waals surface area contributed by atoms with E-state index in [1.54, 1.807) is 7.05 Å². The summed E-state index contributed by atoms with van der Waals surface area (Å²) in [7, 11) is 1.76. The second-order valence-corrected chi connectivity index (χ2v) is 7.40. The molecular weight excluding hydrogens is 471 g/mol. The van der Waals surface area contributed by atoms with Gasteiger partial charge in [0.05, 0.1) is 12.2 Å². The SMILES string of the molecule is CN=C(NCCN1CCN(C(=O)C2CCC2)CC1)NCc1nc(C)c(C)o1.I. The summed E-state index contributed by atoms with van der Waals surface area (Å²) in [5.74, 6) is 2.94. The average Bonchev–Trinajstić information content (AvgIpc) is 2.95. The molecule has 0 spiro atoms. The summed E-state index contributed by atoms with van der Waals surface area (Å²) in [6.07, 6.45) is 3.39. The number of carbonyl (C=O) groups excluding carboxylic acids is 1. The number of nitrogens with one attached hydrogen (secondary N) is 2. The molecule has 1 aromatic rings. The number of aromatic nitrogens is 1. The van der Waals surface area contributed by atoms with E-state index < -0.39 is 0 Å². The Kier molecular flexibility index (Phi) is 9.00. The monoisotopic (exact) mass is 504 g/mol. The molecule has 2 heterocycles. The lowest BCUT2D eigenvalue weighted by molar-refractivity contribution is -0.139. The molecular formula is C19H33IN6O2. The molecule has 0 atom stereocenters. The highest BCUT2D eigenvalue weighted by atomic mass is 127. The van der Waals surface area contributed by atoms with E-state index in [9.17, 15) is 4.79 Å². The van der Waals surface area contributed by atoms with Gasteiger partial charge in [-0.05, 0) is 26.7 Å². The Morgan fingerprint density at radius 2 is 1.93 bits per heavy atom. The molecule has 8 nitrogen and oxygen atoms in total. The summed E-state index contributed by atoms with van der Waals surface area (Å²) in [5.41, 5.74) is 0.921. The number of rotatable bonds is 6. The van der Waals surface area contributed by atoms with Gasteiger partial charge in [-0.3, -0.25) is 14.7 Å². The van der Waals surface area contributed by atoms with Crippen LogP contribution in [0.3, 0.4) is 0 Å². The van der Waals surface area contributed by atoms with Crippen molar-refractivity contribution in [3.63, 3.8) is 0 Å². The second-order valence-electron chi connectivity index (χ2n) is 7.40. The molecule has 1 saturated heterocycles. The molecule has 9 heteroatoms. The van der Waals surface area contributed by atoms with Gasteiger partial charge in [-0.1, -0.05) is 6.42 Å². The lowest BCUT2D eigenvalue weighted by Gasteiger charge is -2.38. The molecule has 28 heavy (non-hydrogen) atoms. The number of amides is 1. The molecule has 0 unspecified atom stereocenters. The first-order valence-electron chi connectivity index (χ1n) is 9.95. The fourth-order valence-electron chi connectivity index (χ4n) is 3.43. The normalized spacial score (nSPS) is 18.4. The molecule has 2 aliphatic rings. The molecule has 1 amide bonds. The van der Waals surface area contributed by atoms with Gasteiger partial charge < -0.3 is 20.0 Å². The standard InChI is InChI=1S/C19H32N6O2.HI/c1-14-15(2)27-17(23-14)13-22-19(20-3)21-7-8-24-9-11-25(12-10-24)18(26)16-5-4-6-16;/h16H,4-13H2,1-3H3,(H2,20,21,22);1H. The Morgan fingerprint density at radius 3 is 2.46 bits per heavy atom. The smallest absolute Gasteiger partial charge is 0.225 e. The topological polar surface area (TPSA) is 86.0 Å². The van der Waals surface area contributed by atoms with E-state index in [0.717, 1.165) is 69.5 Å². The van der Waals surface area contributed by atoms with Gasteiger partial charge >= 0.3 is 0 Å². The molecule has 1 aromatic heterocycles. The third kappa shape index (κ3) is 6.07. The molecule has 0 aromatic carbocycles. The fourth-order valence-corrected chi connectivity index (χ4v) is 3.43. The van der Waals surface area contributed by atoms with E-state index in [-0.39, 0.29) is 24.0 Å². The first kappa shape index (κ1) is 22.9. The molecule has 2 fully saturated rings. The van der Waals surface area contributed by atoms with Crippen molar-refractivity contribution in [2.24, 2.45) is 10.9 Å². The fraction of sp³-hybridized carbons (Fsp3) is 0.737. The number of oxazole rings is 1. The van der Waals surface area contributed by atoms with Crippen molar-refractivity contribution in [3.05, 3.63) is 17.3 Å². The van der Waals surface area contributed by atoms with Crippen LogP contribution in [0.2, 0.25) is 0 Å². The summed E-state index contributed by atoms with van der Waals surface area (Å²) in [6, 6.07) is 0. The van der Waals surface area contributed by atoms with Crippen molar-refractivity contribution in [2.75, 3.05) is 46.3 Å². The van der Waals surface area contributed by atoms with E-state index in [4.69, 9.17) is 4.42 Å². The summed E-state index contributed by atoms with van der Waals surface area (Å²) in [4.78, 5) is 25.3. The number of aryl methyl sites for hydroxylation is 2. The highest BCUT2D eigenvalue weighted by Gasteiger charge is 2.30. The number of guanidine groups is 1. The van der Waals surface area contributed by atoms with Gasteiger partial charge in [0.15, 0.2) is 5.96 Å². The van der Waals surface area contributed by atoms with Crippen LogP contribution >= 0.6 is 24.0 Å². The Morgan fingerprint density at radius 1 is 1.21 bits per heavy atom. The Balaban J connectivity index is 0.00000280. The maximum Gasteiger partial charge on any atom is 0.225 e. The number of piperazine rings is 1. The predicted molar refractivity (Wildman–Crippen MR) is 120 cm³/mol. The third-order valence-corrected chi connectivity index (χ3v) is 5.56. The predicted octanol–water partition coefficient (Wildman–Crippen LogP) is 1.52. The van der Waals surface area contributed by atoms with Gasteiger partial charge in [0.1, 0.15) is 5.76 Å². The lowest BCUT2D eigenvalue weighted by atomic mass is 9.84. The van der Waals surface area contributed by atoms with Crippen LogP contribution < -0.4 is 10.6 Å². The highest BCUT2D eigenvalue weighted by Crippen LogP contribution is 2.28. The maximum atomic E-state index is 12.3. The molecule has 0 radical (unpaired) electrons. The van der Waals surface area contributed by atoms with Crippen LogP contribution in [0, 0.1) is 19.8 Å². The number of hydrogen-bond donors (Lipinski definition) is 2. The van der Waals surface area contributed by atoms with Crippen molar-refractivity contribution in [1.82, 2.24) is 25.4 Å². The molecule has 1 aliphatic carbocycles. The number of halogens is 1. The van der Waals surface area contributed by atoms with Crippen LogP contribution in [0.4, 0.5) is 0 Å². The Bertz CT molecular complexity index is 646. The first-order valence-corrected chi connectivity index (χ1v) is 9.95. The van der Waals surface area contributed by atoms with Crippen molar-refractivity contribution < 1.29 is 9.21 Å². The number of aliphatic imine (C=N–C) groups is 1. The van der Waals surface area contributed by atoms with E-state index in [0.29, 0.717) is 24.3 Å². The van der Waals surface area contributed by atoms with Crippen molar-refractivity contribution >= 4 is 35.8 Å². The van der Waals surface area contributed by atoms with Crippen LogP contribution in [0.25, 0.3) is 0 Å². The molecule has 2 N–H and O–H groups in total. The van der Waals surface area contributed by atoms with Gasteiger partial charge in [-0.15, -0.1) is 24.0 Å². The van der Waals surface area contributed by atoms with Crippen molar-refractivity contribution in [3.8, 4) is 0 Å². The highest BCUT2D eigenvalue weighted by molar-refractivity contribution is 14.0. The summed E-state index contributed by atoms with van der Waals surface area (Å²) in [6.45, 7) is 9.70. The van der Waals surface area contributed by atoms with E-state index >= 15 is 0 Å². The van der Waals surface area contributed by atoms with E-state index in [1.165, 1.54) is 6.42 Å². The molecule has 0 bridgehead atoms. The van der Waals surface area contributed by atoms with Gasteiger partial charge in [-0.25, -0.2) is 4.98 Å². The van der Waals surface area contributed by atoms with Gasteiger partial charge in [0.2, 0.25) is 11.8 Å². The Labute approximate surface area is 184 Å². The average molecular weight is 504 g/mol. The van der Waals surface area contributed by atoms with Crippen LogP contribution in [-0.4, -0.2) is 73.0 Å². The van der Waals surface area contributed by atoms with Crippen molar-refractivity contribution in [1.29, 1.82) is 0 Å². The Hall–Kier alpha value is -1.36. The van der Waals surface area contributed by atoms with Crippen LogP contribution in [0.1, 0.15) is 36.6 Å².